The summed E-state index contributed by atoms with van der Waals surface area (Å²) in [6, 6.07) is -4.19. The van der Waals surface area contributed by atoms with E-state index in [1.807, 2.05) is 6.92 Å². The number of rotatable bonds is 40. The minimum atomic E-state index is -1.71. The van der Waals surface area contributed by atoms with Crippen LogP contribution in [0, 0.1) is 5.92 Å². The van der Waals surface area contributed by atoms with Crippen LogP contribution in [0.5, 0.6) is 0 Å². The maximum atomic E-state index is 13.0. The van der Waals surface area contributed by atoms with E-state index in [9.17, 15) is 59.4 Å². The lowest BCUT2D eigenvalue weighted by Gasteiger charge is -2.40. The molecule has 17 N–H and O–H groups in total. The SMILES string of the molecule is CCCOCCOCCOCCOCCC(=O)N[C@@H](CCOC(=O)CCCO[C@@H]([C@@H]1OC(C(=O)O)=C[C@H](N=C(N)N)[C@H]1C)[C@H](O)CO)COC(=O)NCCO[C@@H]([C@@H]1OC(C(=O)O)=C[C@H](N=C(N)N)[C@H]1NC(C)=O)[C@H](O)CO. The van der Waals surface area contributed by atoms with Crippen molar-refractivity contribution in [3.63, 3.8) is 0 Å². The fraction of sp³-hybridized carbons (Fsp3) is 0.739. The lowest BCUT2D eigenvalue weighted by molar-refractivity contribution is -0.157. The fourth-order valence-electron chi connectivity index (χ4n) is 7.43. The summed E-state index contributed by atoms with van der Waals surface area (Å²) in [6.07, 6.45) is -6.84. The molecule has 0 aromatic rings. The molecule has 0 saturated heterocycles. The Morgan fingerprint density at radius 1 is 0.688 bits per heavy atom. The van der Waals surface area contributed by atoms with Crippen LogP contribution in [-0.2, 0) is 71.3 Å². The van der Waals surface area contributed by atoms with E-state index in [1.54, 1.807) is 6.92 Å². The predicted octanol–water partition coefficient (Wildman–Crippen LogP) is -4.59. The molecule has 31 heteroatoms. The zero-order valence-corrected chi connectivity index (χ0v) is 43.6. The van der Waals surface area contributed by atoms with Gasteiger partial charge in [-0.3, -0.25) is 14.4 Å². The van der Waals surface area contributed by atoms with Crippen LogP contribution >= 0.6 is 0 Å². The molecule has 440 valence electrons. The first-order chi connectivity index (χ1) is 36.7. The van der Waals surface area contributed by atoms with Gasteiger partial charge < -0.3 is 117 Å². The smallest absolute Gasteiger partial charge is 0.407 e. The van der Waals surface area contributed by atoms with Crippen molar-refractivity contribution in [2.45, 2.75) is 114 Å². The maximum absolute atomic E-state index is 13.0. The highest BCUT2D eigenvalue weighted by Crippen LogP contribution is 2.31. The zero-order valence-electron chi connectivity index (χ0n) is 43.6. The lowest BCUT2D eigenvalue weighted by atomic mass is 9.87. The highest BCUT2D eigenvalue weighted by molar-refractivity contribution is 5.86. The molecule has 2 aliphatic rings. The van der Waals surface area contributed by atoms with E-state index in [1.165, 1.54) is 6.08 Å². The second-order valence-corrected chi connectivity index (χ2v) is 17.3. The average Bonchev–Trinajstić information content (AvgIpc) is 3.37. The molecule has 0 radical (unpaired) electrons. The minimum Gasteiger partial charge on any atom is -0.480 e. The van der Waals surface area contributed by atoms with Gasteiger partial charge in [-0.2, -0.15) is 0 Å². The lowest BCUT2D eigenvalue weighted by Crippen LogP contribution is -2.60. The molecule has 0 spiro atoms. The van der Waals surface area contributed by atoms with Gasteiger partial charge in [0.1, 0.15) is 37.1 Å². The normalized spacial score (nSPS) is 20.9. The summed E-state index contributed by atoms with van der Waals surface area (Å²) in [5.74, 6) is -7.33. The molecule has 77 heavy (non-hydrogen) atoms. The molecule has 11 atom stereocenters. The number of nitrogens with two attached hydrogens (primary N) is 4. The quantitative estimate of drug-likeness (QED) is 0.0119. The van der Waals surface area contributed by atoms with Crippen LogP contribution in [0.25, 0.3) is 0 Å². The van der Waals surface area contributed by atoms with E-state index in [2.05, 4.69) is 25.9 Å². The van der Waals surface area contributed by atoms with E-state index in [0.717, 1.165) is 19.4 Å². The van der Waals surface area contributed by atoms with Gasteiger partial charge in [-0.05, 0) is 25.0 Å². The van der Waals surface area contributed by atoms with Crippen molar-refractivity contribution in [1.82, 2.24) is 16.0 Å². The molecule has 0 saturated carbocycles. The van der Waals surface area contributed by atoms with E-state index in [-0.39, 0.29) is 71.2 Å². The van der Waals surface area contributed by atoms with Crippen molar-refractivity contribution < 1.29 is 107 Å². The van der Waals surface area contributed by atoms with Gasteiger partial charge in [0.05, 0.1) is 96.8 Å². The number of aliphatic carboxylic acids is 2. The van der Waals surface area contributed by atoms with Crippen molar-refractivity contribution in [2.24, 2.45) is 38.8 Å². The van der Waals surface area contributed by atoms with E-state index in [4.69, 9.17) is 70.3 Å². The molecular weight excluding hydrogens is 1030 g/mol. The van der Waals surface area contributed by atoms with Crippen LogP contribution in [0.2, 0.25) is 0 Å². The molecule has 3 amide bonds. The fourth-order valence-corrected chi connectivity index (χ4v) is 7.43. The molecule has 31 nitrogen and oxygen atoms in total. The van der Waals surface area contributed by atoms with E-state index in [0.29, 0.717) is 33.0 Å². The second kappa shape index (κ2) is 37.6. The first-order valence-electron chi connectivity index (χ1n) is 24.9. The monoisotopic (exact) mass is 1110 g/mol. The molecule has 2 rings (SSSR count). The Morgan fingerprint density at radius 2 is 1.21 bits per heavy atom. The number of hydrogen-bond donors (Lipinski definition) is 13. The third kappa shape index (κ3) is 26.6. The van der Waals surface area contributed by atoms with Gasteiger partial charge in [0.2, 0.25) is 23.3 Å². The number of nitrogens with one attached hydrogen (secondary N) is 3. The molecule has 0 bridgehead atoms. The molecular formula is C46H79N9O22. The number of ether oxygens (including phenoxy) is 10. The molecule has 2 aliphatic heterocycles. The molecule has 2 heterocycles. The summed E-state index contributed by atoms with van der Waals surface area (Å²) in [6.45, 7) is 4.30. The number of carbonyl (C=O) groups excluding carboxylic acids is 4. The maximum Gasteiger partial charge on any atom is 0.407 e. The van der Waals surface area contributed by atoms with Crippen LogP contribution in [-0.4, -0.2) is 238 Å². The van der Waals surface area contributed by atoms with Gasteiger partial charge in [0.25, 0.3) is 0 Å². The number of alkyl carbamates (subject to hydrolysis) is 1. The number of esters is 1. The molecule has 0 aromatic carbocycles. The van der Waals surface area contributed by atoms with E-state index >= 15 is 0 Å². The first-order valence-corrected chi connectivity index (χ1v) is 24.9. The highest BCUT2D eigenvalue weighted by Gasteiger charge is 2.45. The Labute approximate surface area is 444 Å². The van der Waals surface area contributed by atoms with E-state index < -0.39 is 146 Å². The van der Waals surface area contributed by atoms with Gasteiger partial charge in [0, 0.05) is 51.9 Å². The van der Waals surface area contributed by atoms with Crippen molar-refractivity contribution >= 4 is 47.7 Å². The summed E-state index contributed by atoms with van der Waals surface area (Å²) >= 11 is 0. The van der Waals surface area contributed by atoms with Gasteiger partial charge in [-0.25, -0.2) is 24.4 Å². The minimum absolute atomic E-state index is 0.00804. The summed E-state index contributed by atoms with van der Waals surface area (Å²) in [7, 11) is 0. The number of aliphatic imine (C=N–C) groups is 2. The van der Waals surface area contributed by atoms with Crippen LogP contribution < -0.4 is 38.9 Å². The average molecular weight is 1110 g/mol. The van der Waals surface area contributed by atoms with Crippen LogP contribution in [0.1, 0.15) is 52.9 Å². The topological polar surface area (TPSA) is 481 Å². The third-order valence-electron chi connectivity index (χ3n) is 11.1. The molecule has 0 aromatic heterocycles. The number of carboxylic acids is 2. The molecule has 0 aliphatic carbocycles. The van der Waals surface area contributed by atoms with Crippen LogP contribution in [0.4, 0.5) is 4.79 Å². The Bertz CT molecular complexity index is 1940. The second-order valence-electron chi connectivity index (χ2n) is 17.3. The van der Waals surface area contributed by atoms with Gasteiger partial charge in [0.15, 0.2) is 18.0 Å². The Kier molecular flexibility index (Phi) is 32.7. The number of hydrogen-bond acceptors (Lipinski definition) is 22. The summed E-state index contributed by atoms with van der Waals surface area (Å²) in [5.41, 5.74) is 22.2. The number of guanidine groups is 2. The van der Waals surface area contributed by atoms with Gasteiger partial charge in [-0.1, -0.05) is 13.8 Å². The number of aliphatic hydroxyl groups excluding tert-OH is 4. The Hall–Kier alpha value is -6.16. The van der Waals surface area contributed by atoms with Crippen LogP contribution in [0.3, 0.4) is 0 Å². The van der Waals surface area contributed by atoms with Gasteiger partial charge >= 0.3 is 24.0 Å². The predicted molar refractivity (Wildman–Crippen MR) is 267 cm³/mol. The molecule has 0 unspecified atom stereocenters. The van der Waals surface area contributed by atoms with Crippen molar-refractivity contribution in [3.05, 3.63) is 23.7 Å². The van der Waals surface area contributed by atoms with Crippen molar-refractivity contribution in [3.8, 4) is 0 Å². The first kappa shape index (κ1) is 67.0. The van der Waals surface area contributed by atoms with Gasteiger partial charge in [-0.15, -0.1) is 0 Å². The van der Waals surface area contributed by atoms with Crippen LogP contribution in [0.15, 0.2) is 33.7 Å². The number of carbonyl (C=O) groups is 6. The largest absolute Gasteiger partial charge is 0.480 e. The van der Waals surface area contributed by atoms with Crippen molar-refractivity contribution in [2.75, 3.05) is 99.0 Å². The third-order valence-corrected chi connectivity index (χ3v) is 11.1. The Balaban J connectivity index is 2.02. The standard InChI is InChI=1S/C46H79N9O22/c1-4-10-68-15-17-70-19-20-71-18-16-69-12-8-35(61)53-28(7-13-72-36(62)6-5-11-73-39(31(59)23-56)38-26(2)29(54-44(47)48)21-33(76-38)42(63)64)25-75-46(67)51-9-14-74-40(32(60)24-57)41-37(52-27(3)58)30(55-45(49)50)22-34(77-41)43(65)66/h21-22,26,28-32,37-41,56-57,59-60H,4-20,23-25H2,1-3H3,(H,51,67)(H,52,58)(H,53,61)(H,63,64)(H,65,66)(H4,47,48,54)(H4,49,50,55)/t26-,28+,29+,30+,31-,32-,37-,38-,39-,40-,41-/m1/s1. The number of amides is 3. The zero-order chi connectivity index (χ0) is 57.3. The Morgan fingerprint density at radius 3 is 1.75 bits per heavy atom. The molecule has 0 fully saturated rings. The number of carboxylic acid groups (broad SMARTS) is 2. The summed E-state index contributed by atoms with van der Waals surface area (Å²) in [4.78, 5) is 82.6. The highest BCUT2D eigenvalue weighted by atomic mass is 16.6. The number of nitrogens with zero attached hydrogens (tertiary/aromatic N) is 2. The summed E-state index contributed by atoms with van der Waals surface area (Å²) < 4.78 is 55.2. The van der Waals surface area contributed by atoms with Crippen molar-refractivity contribution in [1.29, 1.82) is 0 Å². The number of aliphatic hydroxyl groups is 4. The summed E-state index contributed by atoms with van der Waals surface area (Å²) in [5, 5.41) is 67.9.